The number of rotatable bonds is 8. The van der Waals surface area contributed by atoms with Crippen molar-refractivity contribution >= 4 is 0 Å². The van der Waals surface area contributed by atoms with Crippen molar-refractivity contribution in [2.24, 2.45) is 52.3 Å². The summed E-state index contributed by atoms with van der Waals surface area (Å²) in [7, 11) is 0. The third-order valence-corrected chi connectivity index (χ3v) is 12.9. The molecule has 4 N–H and O–H groups in total. The highest BCUT2D eigenvalue weighted by Gasteiger charge is 2.58. The second-order valence-corrected chi connectivity index (χ2v) is 15.3. The largest absolute Gasteiger partial charge is 0.394 e. The molecule has 3 saturated carbocycles. The lowest BCUT2D eigenvalue weighted by Gasteiger charge is -2.58. The number of aliphatic hydroxyl groups excluding tert-OH is 4. The van der Waals surface area contributed by atoms with Crippen LogP contribution in [0.3, 0.4) is 0 Å². The molecule has 1 heterocycles. The normalized spacial score (nSPS) is 47.9. The molecular formula is C35H58O6. The molecule has 4 aliphatic carbocycles. The predicted octanol–water partition coefficient (Wildman–Crippen LogP) is 5.63. The van der Waals surface area contributed by atoms with Gasteiger partial charge >= 0.3 is 0 Å². The molecule has 5 aliphatic rings. The van der Waals surface area contributed by atoms with Gasteiger partial charge in [0.05, 0.1) is 12.7 Å². The maximum absolute atomic E-state index is 10.5. The van der Waals surface area contributed by atoms with Crippen molar-refractivity contribution in [1.29, 1.82) is 0 Å². The first kappa shape index (κ1) is 31.7. The van der Waals surface area contributed by atoms with Crippen LogP contribution in [0.2, 0.25) is 0 Å². The van der Waals surface area contributed by atoms with E-state index in [2.05, 4.69) is 59.8 Å². The summed E-state index contributed by atoms with van der Waals surface area (Å²) in [6.45, 7) is 14.2. The molecule has 41 heavy (non-hydrogen) atoms. The molecule has 1 saturated heterocycles. The first-order chi connectivity index (χ1) is 19.4. The van der Waals surface area contributed by atoms with Crippen LogP contribution in [0.5, 0.6) is 0 Å². The number of fused-ring (bicyclic) bond motifs is 5. The van der Waals surface area contributed by atoms with Crippen molar-refractivity contribution in [1.82, 2.24) is 0 Å². The van der Waals surface area contributed by atoms with E-state index >= 15 is 0 Å². The molecule has 6 nitrogen and oxygen atoms in total. The van der Waals surface area contributed by atoms with E-state index in [1.165, 1.54) is 32.1 Å². The van der Waals surface area contributed by atoms with Crippen molar-refractivity contribution < 1.29 is 29.9 Å². The number of hydrogen-bond donors (Lipinski definition) is 4. The molecule has 0 spiro atoms. The van der Waals surface area contributed by atoms with E-state index in [1.807, 2.05) is 0 Å². The van der Waals surface area contributed by atoms with Gasteiger partial charge in [0.25, 0.3) is 0 Å². The Morgan fingerprint density at radius 2 is 1.66 bits per heavy atom. The fourth-order valence-electron chi connectivity index (χ4n) is 10.2. The van der Waals surface area contributed by atoms with Crippen LogP contribution in [0.25, 0.3) is 0 Å². The Bertz CT molecular complexity index is 960. The number of ether oxygens (including phenoxy) is 2. The Hall–Kier alpha value is -0.760. The van der Waals surface area contributed by atoms with Gasteiger partial charge in [0.15, 0.2) is 6.29 Å². The maximum atomic E-state index is 10.5. The fraction of sp³-hybridized carbons (Fsp3) is 0.886. The van der Waals surface area contributed by atoms with Crippen LogP contribution >= 0.6 is 0 Å². The van der Waals surface area contributed by atoms with Crippen LogP contribution in [0, 0.1) is 52.3 Å². The Balaban J connectivity index is 1.26. The van der Waals surface area contributed by atoms with Gasteiger partial charge in [-0.3, -0.25) is 0 Å². The first-order valence-electron chi connectivity index (χ1n) is 16.8. The van der Waals surface area contributed by atoms with Crippen molar-refractivity contribution in [2.45, 2.75) is 136 Å². The van der Waals surface area contributed by atoms with Gasteiger partial charge in [0.2, 0.25) is 0 Å². The molecule has 5 rings (SSSR count). The van der Waals surface area contributed by atoms with Gasteiger partial charge in [-0.1, -0.05) is 65.3 Å². The van der Waals surface area contributed by atoms with Gasteiger partial charge in [0, 0.05) is 0 Å². The summed E-state index contributed by atoms with van der Waals surface area (Å²) in [4.78, 5) is 0. The molecule has 0 amide bonds. The molecule has 0 bridgehead atoms. The molecule has 14 atom stereocenters. The van der Waals surface area contributed by atoms with E-state index in [-0.39, 0.29) is 11.5 Å². The minimum absolute atomic E-state index is 0.0698. The highest BCUT2D eigenvalue weighted by molar-refractivity contribution is 5.28. The summed E-state index contributed by atoms with van der Waals surface area (Å²) in [5.74, 6) is 4.61. The second kappa shape index (κ2) is 12.3. The van der Waals surface area contributed by atoms with Crippen LogP contribution in [0.4, 0.5) is 0 Å². The summed E-state index contributed by atoms with van der Waals surface area (Å²) in [5, 5.41) is 40.4. The summed E-state index contributed by atoms with van der Waals surface area (Å²) < 4.78 is 11.9. The second-order valence-electron chi connectivity index (χ2n) is 15.3. The lowest BCUT2D eigenvalue weighted by molar-refractivity contribution is -0.315. The van der Waals surface area contributed by atoms with E-state index in [0.717, 1.165) is 31.6 Å². The van der Waals surface area contributed by atoms with E-state index in [0.29, 0.717) is 40.9 Å². The van der Waals surface area contributed by atoms with Gasteiger partial charge in [-0.2, -0.15) is 0 Å². The molecule has 2 unspecified atom stereocenters. The number of hydrogen-bond acceptors (Lipinski definition) is 6. The first-order valence-corrected chi connectivity index (χ1v) is 16.8. The van der Waals surface area contributed by atoms with E-state index in [4.69, 9.17) is 9.47 Å². The zero-order valence-electron chi connectivity index (χ0n) is 26.4. The van der Waals surface area contributed by atoms with Crippen LogP contribution in [0.1, 0.15) is 99.3 Å². The molecule has 4 fully saturated rings. The summed E-state index contributed by atoms with van der Waals surface area (Å²) >= 11 is 0. The molecule has 0 aromatic carbocycles. The smallest absolute Gasteiger partial charge is 0.186 e. The highest BCUT2D eigenvalue weighted by Crippen LogP contribution is 2.67. The lowest BCUT2D eigenvalue weighted by atomic mass is 9.47. The van der Waals surface area contributed by atoms with Crippen LogP contribution in [-0.2, 0) is 9.47 Å². The molecule has 1 aliphatic heterocycles. The summed E-state index contributed by atoms with van der Waals surface area (Å²) in [6.07, 6.45) is 12.0. The lowest BCUT2D eigenvalue weighted by Crippen LogP contribution is -2.60. The minimum atomic E-state index is -1.40. The van der Waals surface area contributed by atoms with Gasteiger partial charge in [0.1, 0.15) is 24.4 Å². The minimum Gasteiger partial charge on any atom is -0.394 e. The Kier molecular flexibility index (Phi) is 9.51. The average Bonchev–Trinajstić information content (AvgIpc) is 3.30. The van der Waals surface area contributed by atoms with Gasteiger partial charge in [-0.15, -0.1) is 0 Å². The zero-order chi connectivity index (χ0) is 29.7. The van der Waals surface area contributed by atoms with Gasteiger partial charge in [-0.25, -0.2) is 0 Å². The van der Waals surface area contributed by atoms with Crippen LogP contribution < -0.4 is 0 Å². The predicted molar refractivity (Wildman–Crippen MR) is 161 cm³/mol. The molecule has 0 aromatic heterocycles. The standard InChI is InChI=1S/C35H58O6/c1-7-22(20(2)3)9-8-21(4)26-12-13-27-25-11-10-23-18-24(14-16-34(23,5)28(25)15-17-35(26,27)6)40-33-32(39)31(38)30(37)29(19-36)41-33/h8-9,11,20-24,26-33,36-39H,7,10,12-19H2,1-6H3/t21-,22-,23?,24?,26-,27+,28+,29-,30-,31+,32-,33+,34+,35-/m1/s1. The monoisotopic (exact) mass is 574 g/mol. The van der Waals surface area contributed by atoms with E-state index in [9.17, 15) is 20.4 Å². The van der Waals surface area contributed by atoms with Crippen molar-refractivity contribution in [3.05, 3.63) is 23.8 Å². The molecule has 6 heteroatoms. The van der Waals surface area contributed by atoms with E-state index in [1.54, 1.807) is 5.57 Å². The zero-order valence-corrected chi connectivity index (χ0v) is 26.4. The third-order valence-electron chi connectivity index (χ3n) is 12.9. The topological polar surface area (TPSA) is 99.4 Å². The van der Waals surface area contributed by atoms with Crippen LogP contribution in [-0.4, -0.2) is 63.8 Å². The summed E-state index contributed by atoms with van der Waals surface area (Å²) in [6, 6.07) is 0. The van der Waals surface area contributed by atoms with Crippen LogP contribution in [0.15, 0.2) is 23.8 Å². The third kappa shape index (κ3) is 5.64. The molecule has 0 radical (unpaired) electrons. The van der Waals surface area contributed by atoms with Gasteiger partial charge in [-0.05, 0) is 110 Å². The molecular weight excluding hydrogens is 516 g/mol. The van der Waals surface area contributed by atoms with Crippen molar-refractivity contribution in [3.8, 4) is 0 Å². The molecule has 234 valence electrons. The van der Waals surface area contributed by atoms with Crippen molar-refractivity contribution in [3.63, 3.8) is 0 Å². The summed E-state index contributed by atoms with van der Waals surface area (Å²) in [5.41, 5.74) is 2.41. The number of aliphatic hydroxyl groups is 4. The Morgan fingerprint density at radius 1 is 0.951 bits per heavy atom. The van der Waals surface area contributed by atoms with Gasteiger partial charge < -0.3 is 29.9 Å². The van der Waals surface area contributed by atoms with E-state index < -0.39 is 37.3 Å². The molecule has 0 aromatic rings. The highest BCUT2D eigenvalue weighted by atomic mass is 16.7. The SMILES string of the molecule is CC[C@H](C=C[C@@H](C)[C@H]1CC[C@H]2C3=CCC4CC(O[C@H]5O[C@H](CO)[C@@H](O)[C@H](O)[C@H]5O)CC[C@]4(C)[C@H]3CC[C@]12C)C(C)C. The maximum Gasteiger partial charge on any atom is 0.186 e. The fourth-order valence-corrected chi connectivity index (χ4v) is 10.2. The number of allylic oxidation sites excluding steroid dienone is 4. The Labute approximate surface area is 248 Å². The Morgan fingerprint density at radius 3 is 2.34 bits per heavy atom. The van der Waals surface area contributed by atoms with Crippen molar-refractivity contribution in [2.75, 3.05) is 6.61 Å². The quantitative estimate of drug-likeness (QED) is 0.281. The average molecular weight is 575 g/mol.